The van der Waals surface area contributed by atoms with Crippen molar-refractivity contribution >= 4 is 45.0 Å². The zero-order chi connectivity index (χ0) is 20.1. The van der Waals surface area contributed by atoms with Gasteiger partial charge < -0.3 is 14.0 Å². The molecule has 1 amide bonds. The van der Waals surface area contributed by atoms with E-state index in [2.05, 4.69) is 4.99 Å². The molecule has 0 bridgehead atoms. The van der Waals surface area contributed by atoms with Gasteiger partial charge in [0.1, 0.15) is 5.75 Å². The molecule has 3 aromatic rings. The van der Waals surface area contributed by atoms with Crippen LogP contribution < -0.4 is 9.54 Å². The first-order valence-electron chi connectivity index (χ1n) is 8.69. The van der Waals surface area contributed by atoms with E-state index in [0.717, 1.165) is 10.2 Å². The lowest BCUT2D eigenvalue weighted by Crippen LogP contribution is -2.19. The maximum atomic E-state index is 12.6. The zero-order valence-electron chi connectivity index (χ0n) is 15.5. The van der Waals surface area contributed by atoms with Gasteiger partial charge in [-0.15, -0.1) is 0 Å². The van der Waals surface area contributed by atoms with Crippen molar-refractivity contribution in [2.24, 2.45) is 4.99 Å². The molecule has 28 heavy (non-hydrogen) atoms. The Kier molecular flexibility index (Phi) is 6.49. The molecule has 146 valence electrons. The van der Waals surface area contributed by atoms with E-state index in [1.54, 1.807) is 38.3 Å². The number of thiazole rings is 1. The van der Waals surface area contributed by atoms with Crippen molar-refractivity contribution in [1.82, 2.24) is 4.57 Å². The Balaban J connectivity index is 2.03. The second-order valence-electron chi connectivity index (χ2n) is 5.85. The van der Waals surface area contributed by atoms with Crippen LogP contribution >= 0.6 is 22.9 Å². The summed E-state index contributed by atoms with van der Waals surface area (Å²) in [5.74, 6) is 0.0415. The summed E-state index contributed by atoms with van der Waals surface area (Å²) >= 11 is 7.24. The average molecular weight is 419 g/mol. The van der Waals surface area contributed by atoms with E-state index in [9.17, 15) is 9.59 Å². The fourth-order valence-electron chi connectivity index (χ4n) is 2.66. The topological polar surface area (TPSA) is 69.9 Å². The molecular weight excluding hydrogens is 400 g/mol. The van der Waals surface area contributed by atoms with Crippen LogP contribution in [0.25, 0.3) is 10.2 Å². The van der Waals surface area contributed by atoms with Crippen LogP contribution in [0.2, 0.25) is 5.02 Å². The molecule has 0 aliphatic rings. The Bertz CT molecular complexity index is 1070. The molecule has 0 aliphatic carbocycles. The van der Waals surface area contributed by atoms with Gasteiger partial charge >= 0.3 is 5.97 Å². The summed E-state index contributed by atoms with van der Waals surface area (Å²) in [5, 5.41) is 0.551. The van der Waals surface area contributed by atoms with E-state index in [1.807, 2.05) is 22.8 Å². The number of benzene rings is 2. The van der Waals surface area contributed by atoms with E-state index in [1.165, 1.54) is 11.3 Å². The molecule has 0 saturated heterocycles. The third kappa shape index (κ3) is 4.61. The van der Waals surface area contributed by atoms with Gasteiger partial charge in [0.25, 0.3) is 5.91 Å². The van der Waals surface area contributed by atoms with Gasteiger partial charge in [-0.1, -0.05) is 22.9 Å². The molecule has 0 N–H and O–H groups in total. The van der Waals surface area contributed by atoms with Crippen LogP contribution in [0.15, 0.2) is 47.5 Å². The van der Waals surface area contributed by atoms with Crippen LogP contribution in [0.1, 0.15) is 23.7 Å². The number of hydrogen-bond donors (Lipinski definition) is 0. The van der Waals surface area contributed by atoms with Crippen LogP contribution in [0.3, 0.4) is 0 Å². The first-order valence-corrected chi connectivity index (χ1v) is 9.89. The van der Waals surface area contributed by atoms with Gasteiger partial charge in [0.05, 0.1) is 30.4 Å². The van der Waals surface area contributed by atoms with Gasteiger partial charge in [0, 0.05) is 17.1 Å². The molecule has 0 aliphatic heterocycles. The van der Waals surface area contributed by atoms with Crippen molar-refractivity contribution in [3.63, 3.8) is 0 Å². The first-order chi connectivity index (χ1) is 13.5. The van der Waals surface area contributed by atoms with Gasteiger partial charge in [-0.2, -0.15) is 4.99 Å². The standard InChI is InChI=1S/C20H19ClN2O4S/c1-3-27-18(24)10-11-23-16-9-8-15(26-2)12-17(16)28-20(23)22-19(25)13-4-6-14(21)7-5-13/h4-9,12H,3,10-11H2,1-2H3. The lowest BCUT2D eigenvalue weighted by atomic mass is 10.2. The molecule has 0 spiro atoms. The number of ether oxygens (including phenoxy) is 2. The number of esters is 1. The maximum Gasteiger partial charge on any atom is 0.307 e. The van der Waals surface area contributed by atoms with Crippen molar-refractivity contribution < 1.29 is 19.1 Å². The highest BCUT2D eigenvalue weighted by atomic mass is 35.5. The zero-order valence-corrected chi connectivity index (χ0v) is 17.0. The van der Waals surface area contributed by atoms with Crippen molar-refractivity contribution in [3.8, 4) is 5.75 Å². The van der Waals surface area contributed by atoms with E-state index < -0.39 is 0 Å². The molecular formula is C20H19ClN2O4S. The average Bonchev–Trinajstić information content (AvgIpc) is 3.03. The normalized spacial score (nSPS) is 11.6. The van der Waals surface area contributed by atoms with Gasteiger partial charge in [0.15, 0.2) is 4.80 Å². The minimum atomic E-state index is -0.375. The number of carbonyl (C=O) groups excluding carboxylic acids is 2. The monoisotopic (exact) mass is 418 g/mol. The lowest BCUT2D eigenvalue weighted by Gasteiger charge is -2.06. The largest absolute Gasteiger partial charge is 0.497 e. The quantitative estimate of drug-likeness (QED) is 0.566. The summed E-state index contributed by atoms with van der Waals surface area (Å²) in [5.41, 5.74) is 1.31. The predicted molar refractivity (Wildman–Crippen MR) is 109 cm³/mol. The van der Waals surface area contributed by atoms with Gasteiger partial charge in [-0.05, 0) is 49.4 Å². The van der Waals surface area contributed by atoms with Crippen molar-refractivity contribution in [2.45, 2.75) is 19.9 Å². The van der Waals surface area contributed by atoms with E-state index in [4.69, 9.17) is 21.1 Å². The number of fused-ring (bicyclic) bond motifs is 1. The molecule has 2 aromatic carbocycles. The number of methoxy groups -OCH3 is 1. The summed E-state index contributed by atoms with van der Waals surface area (Å²) in [6, 6.07) is 12.2. The van der Waals surface area contributed by atoms with Crippen LogP contribution in [0.5, 0.6) is 5.75 Å². The van der Waals surface area contributed by atoms with Crippen molar-refractivity contribution in [3.05, 3.63) is 57.9 Å². The van der Waals surface area contributed by atoms with Crippen LogP contribution in [0.4, 0.5) is 0 Å². The summed E-state index contributed by atoms with van der Waals surface area (Å²) < 4.78 is 13.0. The Labute approximate surface area is 171 Å². The Morgan fingerprint density at radius 1 is 1.18 bits per heavy atom. The number of halogens is 1. The maximum absolute atomic E-state index is 12.6. The van der Waals surface area contributed by atoms with Crippen LogP contribution in [-0.2, 0) is 16.1 Å². The van der Waals surface area contributed by atoms with Gasteiger partial charge in [-0.3, -0.25) is 9.59 Å². The predicted octanol–water partition coefficient (Wildman–Crippen LogP) is 4.06. The molecule has 0 fully saturated rings. The molecule has 0 atom stereocenters. The van der Waals surface area contributed by atoms with Crippen LogP contribution in [0, 0.1) is 0 Å². The molecule has 1 heterocycles. The highest BCUT2D eigenvalue weighted by Crippen LogP contribution is 2.23. The number of carbonyl (C=O) groups is 2. The third-order valence-electron chi connectivity index (χ3n) is 4.02. The van der Waals surface area contributed by atoms with Crippen molar-refractivity contribution in [1.29, 1.82) is 0 Å². The minimum absolute atomic E-state index is 0.189. The summed E-state index contributed by atoms with van der Waals surface area (Å²) in [6.45, 7) is 2.46. The van der Waals surface area contributed by atoms with E-state index in [0.29, 0.717) is 34.3 Å². The fourth-order valence-corrected chi connectivity index (χ4v) is 3.87. The smallest absolute Gasteiger partial charge is 0.307 e. The Morgan fingerprint density at radius 3 is 2.61 bits per heavy atom. The minimum Gasteiger partial charge on any atom is -0.497 e. The van der Waals surface area contributed by atoms with Crippen LogP contribution in [-0.4, -0.2) is 30.2 Å². The molecule has 0 unspecified atom stereocenters. The van der Waals surface area contributed by atoms with Gasteiger partial charge in [-0.25, -0.2) is 0 Å². The molecule has 6 nitrogen and oxygen atoms in total. The molecule has 0 saturated carbocycles. The summed E-state index contributed by atoms with van der Waals surface area (Å²) in [4.78, 5) is 29.2. The number of amides is 1. The summed E-state index contributed by atoms with van der Waals surface area (Å²) in [6.07, 6.45) is 0.189. The second-order valence-corrected chi connectivity index (χ2v) is 7.29. The number of hydrogen-bond acceptors (Lipinski definition) is 5. The fraction of sp³-hybridized carbons (Fsp3) is 0.250. The molecule has 3 rings (SSSR count). The Morgan fingerprint density at radius 2 is 1.93 bits per heavy atom. The van der Waals surface area contributed by atoms with Gasteiger partial charge in [0.2, 0.25) is 0 Å². The number of aromatic nitrogens is 1. The number of aryl methyl sites for hydroxylation is 1. The van der Waals surface area contributed by atoms with E-state index >= 15 is 0 Å². The third-order valence-corrected chi connectivity index (χ3v) is 5.32. The van der Waals surface area contributed by atoms with Crippen molar-refractivity contribution in [2.75, 3.05) is 13.7 Å². The number of rotatable bonds is 6. The first kappa shape index (κ1) is 20.1. The number of nitrogens with zero attached hydrogens (tertiary/aromatic N) is 2. The highest BCUT2D eigenvalue weighted by Gasteiger charge is 2.12. The highest BCUT2D eigenvalue weighted by molar-refractivity contribution is 7.16. The molecule has 1 aromatic heterocycles. The molecule has 0 radical (unpaired) electrons. The molecule has 8 heteroatoms. The lowest BCUT2D eigenvalue weighted by molar-refractivity contribution is -0.143. The Hall–Kier alpha value is -2.64. The van der Waals surface area contributed by atoms with E-state index in [-0.39, 0.29) is 18.3 Å². The second kappa shape index (κ2) is 9.03. The SMILES string of the molecule is CCOC(=O)CCn1c(=NC(=O)c2ccc(Cl)cc2)sc2cc(OC)ccc21. The summed E-state index contributed by atoms with van der Waals surface area (Å²) in [7, 11) is 1.60.